The minimum Gasteiger partial charge on any atom is -0.480 e. The number of hydrogen-bond donors (Lipinski definition) is 3. The van der Waals surface area contributed by atoms with Crippen LogP contribution in [-0.2, 0) is 4.79 Å². The van der Waals surface area contributed by atoms with Crippen LogP contribution in [0.4, 0.5) is 0 Å². The number of benzene rings is 1. The summed E-state index contributed by atoms with van der Waals surface area (Å²) in [6.07, 6.45) is 1.39. The van der Waals surface area contributed by atoms with Gasteiger partial charge in [0.25, 0.3) is 0 Å². The lowest BCUT2D eigenvalue weighted by Crippen LogP contribution is -2.21. The summed E-state index contributed by atoms with van der Waals surface area (Å²) in [6, 6.07) is 6.47. The highest BCUT2D eigenvalue weighted by Crippen LogP contribution is 2.26. The number of nitrogens with two attached hydrogens (primary N) is 1. The maximum Gasteiger partial charge on any atom is 0.324 e. The molecule has 9 nitrogen and oxygen atoms in total. The molecule has 0 atom stereocenters. The normalized spacial score (nSPS) is 10.7. The highest BCUT2D eigenvalue weighted by molar-refractivity contribution is 6.28. The number of carbonyl (C=O) groups excluding carboxylic acids is 1. The third kappa shape index (κ3) is 2.97. The first-order valence-corrected chi connectivity index (χ1v) is 7.10. The van der Waals surface area contributed by atoms with E-state index in [0.29, 0.717) is 28.0 Å². The van der Waals surface area contributed by atoms with Gasteiger partial charge in [-0.25, -0.2) is 14.6 Å². The molecule has 24 heavy (non-hydrogen) atoms. The Morgan fingerprint density at radius 3 is 2.58 bits per heavy atom. The van der Waals surface area contributed by atoms with Gasteiger partial charge in [0.05, 0.1) is 0 Å². The monoisotopic (exact) mass is 346 g/mol. The van der Waals surface area contributed by atoms with Gasteiger partial charge in [0.2, 0.25) is 11.2 Å². The molecule has 0 saturated heterocycles. The Morgan fingerprint density at radius 1 is 1.25 bits per heavy atom. The first-order valence-electron chi connectivity index (χ1n) is 6.72. The summed E-state index contributed by atoms with van der Waals surface area (Å²) in [4.78, 5) is 34.3. The number of fused-ring (bicyclic) bond motifs is 1. The topological polar surface area (TPSA) is 136 Å². The van der Waals surface area contributed by atoms with Crippen molar-refractivity contribution in [2.24, 2.45) is 5.73 Å². The van der Waals surface area contributed by atoms with Crippen LogP contribution < -0.4 is 11.2 Å². The van der Waals surface area contributed by atoms with Crippen LogP contribution in [0.5, 0.6) is 0 Å². The second kappa shape index (κ2) is 6.13. The van der Waals surface area contributed by atoms with Crippen molar-refractivity contribution in [2.75, 3.05) is 12.0 Å². The number of nitrogens with one attached hydrogen (secondary N) is 1. The number of carboxylic acids is 1. The summed E-state index contributed by atoms with van der Waals surface area (Å²) in [6.45, 7) is -0.310. The van der Waals surface area contributed by atoms with Gasteiger partial charge < -0.3 is 16.3 Å². The predicted molar refractivity (Wildman–Crippen MR) is 86.2 cm³/mol. The van der Waals surface area contributed by atoms with Gasteiger partial charge in [0.1, 0.15) is 24.1 Å². The fourth-order valence-electron chi connectivity index (χ4n) is 2.14. The molecule has 0 fully saturated rings. The Morgan fingerprint density at radius 2 is 1.96 bits per heavy atom. The van der Waals surface area contributed by atoms with E-state index >= 15 is 0 Å². The van der Waals surface area contributed by atoms with E-state index in [4.69, 9.17) is 22.4 Å². The van der Waals surface area contributed by atoms with E-state index in [1.165, 1.54) is 11.0 Å². The fraction of sp³-hybridized carbons (Fsp3) is 0.0714. The fourth-order valence-corrected chi connectivity index (χ4v) is 2.30. The highest BCUT2D eigenvalue weighted by atomic mass is 35.5. The molecule has 0 saturated carbocycles. The smallest absolute Gasteiger partial charge is 0.324 e. The van der Waals surface area contributed by atoms with E-state index in [-0.39, 0.29) is 11.8 Å². The van der Waals surface area contributed by atoms with Gasteiger partial charge >= 0.3 is 5.97 Å². The van der Waals surface area contributed by atoms with Gasteiger partial charge in [-0.3, -0.25) is 9.59 Å². The molecule has 2 aromatic heterocycles. The predicted octanol–water partition coefficient (Wildman–Crippen LogP) is 0.874. The van der Waals surface area contributed by atoms with Crippen LogP contribution in [0.25, 0.3) is 22.4 Å². The molecule has 0 aliphatic carbocycles. The molecule has 10 heteroatoms. The minimum absolute atomic E-state index is 0.0182. The van der Waals surface area contributed by atoms with Crippen molar-refractivity contribution in [1.29, 1.82) is 0 Å². The molecule has 2 heterocycles. The molecule has 4 N–H and O–H groups in total. The number of nitrogens with zero attached hydrogens (tertiary/aromatic N) is 4. The molecule has 0 aliphatic heterocycles. The van der Waals surface area contributed by atoms with Crippen LogP contribution in [0.15, 0.2) is 30.6 Å². The van der Waals surface area contributed by atoms with Crippen molar-refractivity contribution in [1.82, 2.24) is 19.6 Å². The molecule has 1 amide bonds. The van der Waals surface area contributed by atoms with Gasteiger partial charge in [0, 0.05) is 11.1 Å². The zero-order valence-electron chi connectivity index (χ0n) is 12.1. The number of aromatic nitrogens is 4. The number of carboxylic acid groups (broad SMARTS) is 1. The molecular formula is C14H11ClN6O3. The molecule has 3 aromatic rings. The maximum absolute atomic E-state index is 11.1. The van der Waals surface area contributed by atoms with Gasteiger partial charge in [-0.2, -0.15) is 4.98 Å². The first-order chi connectivity index (χ1) is 11.5. The van der Waals surface area contributed by atoms with Crippen molar-refractivity contribution in [3.05, 3.63) is 41.4 Å². The molecule has 1 aromatic carbocycles. The third-order valence-corrected chi connectivity index (χ3v) is 3.38. The van der Waals surface area contributed by atoms with Gasteiger partial charge in [0.15, 0.2) is 5.65 Å². The molecule has 0 spiro atoms. The third-order valence-electron chi connectivity index (χ3n) is 3.21. The zero-order chi connectivity index (χ0) is 17.3. The summed E-state index contributed by atoms with van der Waals surface area (Å²) in [5, 5.41) is 8.73. The van der Waals surface area contributed by atoms with Crippen molar-refractivity contribution in [3.63, 3.8) is 0 Å². The summed E-state index contributed by atoms with van der Waals surface area (Å²) in [7, 11) is 0. The second-order valence-electron chi connectivity index (χ2n) is 4.80. The van der Waals surface area contributed by atoms with E-state index < -0.39 is 11.9 Å². The van der Waals surface area contributed by atoms with Crippen LogP contribution in [0, 0.1) is 0 Å². The lowest BCUT2D eigenvalue weighted by Gasteiger charge is -2.06. The standard InChI is InChI=1S/C14H11ClN6O3/c15-14-19-10(7-1-3-8(4-2-7)12(16)24)11-13(20-14)21(6-17-11)18-5-9(22)23/h1-4,6,18H,5H2,(H2,16,24)(H,22,23). The first kappa shape index (κ1) is 15.7. The largest absolute Gasteiger partial charge is 0.480 e. The summed E-state index contributed by atoms with van der Waals surface area (Å²) in [5.41, 5.74) is 10.1. The maximum atomic E-state index is 11.1. The molecule has 0 aliphatic rings. The van der Waals surface area contributed by atoms with Gasteiger partial charge in [-0.1, -0.05) is 12.1 Å². The minimum atomic E-state index is -1.03. The molecule has 122 valence electrons. The second-order valence-corrected chi connectivity index (χ2v) is 5.14. The number of hydrogen-bond acceptors (Lipinski definition) is 6. The number of primary amides is 1. The Labute approximate surface area is 140 Å². The van der Waals surface area contributed by atoms with Crippen LogP contribution in [0.1, 0.15) is 10.4 Å². The number of halogens is 1. The van der Waals surface area contributed by atoms with Crippen molar-refractivity contribution in [3.8, 4) is 11.3 Å². The molecular weight excluding hydrogens is 336 g/mol. The molecule has 3 rings (SSSR count). The number of carbonyl (C=O) groups is 2. The van der Waals surface area contributed by atoms with Gasteiger partial charge in [-0.15, -0.1) is 0 Å². The van der Waals surface area contributed by atoms with Crippen molar-refractivity contribution >= 4 is 34.6 Å². The quantitative estimate of drug-likeness (QED) is 0.583. The van der Waals surface area contributed by atoms with Crippen molar-refractivity contribution in [2.45, 2.75) is 0 Å². The summed E-state index contributed by atoms with van der Waals surface area (Å²) in [5.74, 6) is -1.56. The molecule has 0 bridgehead atoms. The Balaban J connectivity index is 2.07. The SMILES string of the molecule is NC(=O)c1ccc(-c2nc(Cl)nc3c2ncn3NCC(=O)O)cc1. The number of aliphatic carboxylic acids is 1. The van der Waals surface area contributed by atoms with E-state index in [1.807, 2.05) is 0 Å². The Hall–Kier alpha value is -3.20. The van der Waals surface area contributed by atoms with Crippen LogP contribution in [0.2, 0.25) is 5.28 Å². The number of amides is 1. The van der Waals surface area contributed by atoms with Crippen molar-refractivity contribution < 1.29 is 14.7 Å². The lowest BCUT2D eigenvalue weighted by molar-refractivity contribution is -0.135. The number of rotatable bonds is 5. The Bertz CT molecular complexity index is 938. The summed E-state index contributed by atoms with van der Waals surface area (Å²) < 4.78 is 1.36. The average molecular weight is 347 g/mol. The van der Waals surface area contributed by atoms with Crippen LogP contribution in [-0.4, -0.2) is 43.2 Å². The van der Waals surface area contributed by atoms with Gasteiger partial charge in [-0.05, 0) is 23.7 Å². The summed E-state index contributed by atoms with van der Waals surface area (Å²) >= 11 is 5.97. The van der Waals surface area contributed by atoms with Crippen LogP contribution >= 0.6 is 11.6 Å². The average Bonchev–Trinajstić information content (AvgIpc) is 2.95. The van der Waals surface area contributed by atoms with E-state index in [9.17, 15) is 9.59 Å². The lowest BCUT2D eigenvalue weighted by atomic mass is 10.1. The highest BCUT2D eigenvalue weighted by Gasteiger charge is 2.15. The molecule has 0 radical (unpaired) electrons. The molecule has 0 unspecified atom stereocenters. The Kier molecular flexibility index (Phi) is 4.00. The van der Waals surface area contributed by atoms with E-state index in [1.54, 1.807) is 24.3 Å². The zero-order valence-corrected chi connectivity index (χ0v) is 12.9. The number of imidazole rings is 1. The van der Waals surface area contributed by atoms with E-state index in [0.717, 1.165) is 0 Å². The van der Waals surface area contributed by atoms with E-state index in [2.05, 4.69) is 20.4 Å². The van der Waals surface area contributed by atoms with Crippen LogP contribution in [0.3, 0.4) is 0 Å².